The molecule has 0 unspecified atom stereocenters. The van der Waals surface area contributed by atoms with Crippen LogP contribution in [0.25, 0.3) is 0 Å². The second kappa shape index (κ2) is 6.55. The van der Waals surface area contributed by atoms with E-state index in [0.717, 1.165) is 11.1 Å². The van der Waals surface area contributed by atoms with Gasteiger partial charge in [0.1, 0.15) is 0 Å². The van der Waals surface area contributed by atoms with E-state index in [0.29, 0.717) is 12.8 Å². The molecule has 6 nitrogen and oxygen atoms in total. The number of nitrogens with zero attached hydrogens (tertiary/aromatic N) is 1. The van der Waals surface area contributed by atoms with Gasteiger partial charge in [-0.3, -0.25) is 4.79 Å². The molecule has 2 rings (SSSR count). The molecule has 2 N–H and O–H groups in total. The Morgan fingerprint density at radius 1 is 1.38 bits per heavy atom. The molecule has 0 radical (unpaired) electrons. The molecule has 1 saturated heterocycles. The molecule has 116 valence electrons. The van der Waals surface area contributed by atoms with E-state index < -0.39 is 22.1 Å². The quantitative estimate of drug-likeness (QED) is 0.853. The van der Waals surface area contributed by atoms with Gasteiger partial charge in [0, 0.05) is 19.6 Å². The van der Waals surface area contributed by atoms with E-state index in [2.05, 4.69) is 4.72 Å². The summed E-state index contributed by atoms with van der Waals surface area (Å²) in [5.41, 5.74) is 1.98. The highest BCUT2D eigenvalue weighted by molar-refractivity contribution is 7.87. The third-order valence-corrected chi connectivity index (χ3v) is 5.24. The Hall–Kier alpha value is -1.44. The SMILES string of the molecule is Cc1cccc(CNS(=O)(=O)N2CCC(C(=O)O)CC2)c1. The van der Waals surface area contributed by atoms with Crippen molar-refractivity contribution in [3.05, 3.63) is 35.4 Å². The first-order chi connectivity index (χ1) is 9.88. The van der Waals surface area contributed by atoms with E-state index >= 15 is 0 Å². The van der Waals surface area contributed by atoms with E-state index in [1.54, 1.807) is 0 Å². The average molecular weight is 312 g/mol. The molecule has 7 heteroatoms. The molecule has 1 aliphatic heterocycles. The van der Waals surface area contributed by atoms with Crippen molar-refractivity contribution < 1.29 is 18.3 Å². The predicted octanol–water partition coefficient (Wildman–Crippen LogP) is 1.13. The minimum Gasteiger partial charge on any atom is -0.481 e. The van der Waals surface area contributed by atoms with Crippen molar-refractivity contribution in [2.24, 2.45) is 5.92 Å². The number of rotatable bonds is 5. The van der Waals surface area contributed by atoms with E-state index in [9.17, 15) is 13.2 Å². The summed E-state index contributed by atoms with van der Waals surface area (Å²) in [6.45, 7) is 2.69. The zero-order chi connectivity index (χ0) is 15.5. The van der Waals surface area contributed by atoms with Crippen LogP contribution in [-0.2, 0) is 21.5 Å². The number of hydrogen-bond donors (Lipinski definition) is 2. The zero-order valence-corrected chi connectivity index (χ0v) is 12.8. The molecule has 1 aromatic carbocycles. The minimum atomic E-state index is -3.55. The van der Waals surface area contributed by atoms with Gasteiger partial charge in [-0.15, -0.1) is 0 Å². The van der Waals surface area contributed by atoms with Crippen LogP contribution in [0, 0.1) is 12.8 Å². The van der Waals surface area contributed by atoms with Gasteiger partial charge in [0.05, 0.1) is 5.92 Å². The smallest absolute Gasteiger partial charge is 0.306 e. The van der Waals surface area contributed by atoms with E-state index in [1.165, 1.54) is 4.31 Å². The Kier molecular flexibility index (Phi) is 4.97. The number of aryl methyl sites for hydroxylation is 1. The van der Waals surface area contributed by atoms with Crippen LogP contribution >= 0.6 is 0 Å². The third-order valence-electron chi connectivity index (χ3n) is 3.68. The first kappa shape index (κ1) is 15.9. The Morgan fingerprint density at radius 2 is 2.05 bits per heavy atom. The zero-order valence-electron chi connectivity index (χ0n) is 11.9. The van der Waals surface area contributed by atoms with Crippen molar-refractivity contribution in [2.45, 2.75) is 26.3 Å². The van der Waals surface area contributed by atoms with Crippen LogP contribution in [0.15, 0.2) is 24.3 Å². The molecule has 0 saturated carbocycles. The molecule has 0 atom stereocenters. The van der Waals surface area contributed by atoms with Crippen molar-refractivity contribution in [1.29, 1.82) is 0 Å². The number of carbonyl (C=O) groups is 1. The van der Waals surface area contributed by atoms with Gasteiger partial charge >= 0.3 is 5.97 Å². The fourth-order valence-corrected chi connectivity index (χ4v) is 3.65. The molecular weight excluding hydrogens is 292 g/mol. The summed E-state index contributed by atoms with van der Waals surface area (Å²) in [5, 5.41) is 8.92. The monoisotopic (exact) mass is 312 g/mol. The van der Waals surface area contributed by atoms with Crippen molar-refractivity contribution in [3.63, 3.8) is 0 Å². The lowest BCUT2D eigenvalue weighted by Crippen LogP contribution is -2.45. The molecular formula is C14H20N2O4S. The van der Waals surface area contributed by atoms with Gasteiger partial charge in [-0.1, -0.05) is 29.8 Å². The molecule has 1 fully saturated rings. The molecule has 1 heterocycles. The number of piperidine rings is 1. The van der Waals surface area contributed by atoms with Crippen LogP contribution in [0.2, 0.25) is 0 Å². The maximum Gasteiger partial charge on any atom is 0.306 e. The lowest BCUT2D eigenvalue weighted by molar-refractivity contribution is -0.142. The van der Waals surface area contributed by atoms with Gasteiger partial charge in [-0.05, 0) is 25.3 Å². The molecule has 0 aliphatic carbocycles. The molecule has 21 heavy (non-hydrogen) atoms. The highest BCUT2D eigenvalue weighted by Crippen LogP contribution is 2.19. The molecule has 0 spiro atoms. The number of nitrogens with one attached hydrogen (secondary N) is 1. The highest BCUT2D eigenvalue weighted by Gasteiger charge is 2.30. The topological polar surface area (TPSA) is 86.7 Å². The standard InChI is InChI=1S/C14H20N2O4S/c1-11-3-2-4-12(9-11)10-15-21(19,20)16-7-5-13(6-8-16)14(17)18/h2-4,9,13,15H,5-8,10H2,1H3,(H,17,18). The van der Waals surface area contributed by atoms with Gasteiger partial charge in [-0.2, -0.15) is 17.4 Å². The summed E-state index contributed by atoms with van der Waals surface area (Å²) in [7, 11) is -3.55. The third kappa shape index (κ3) is 4.26. The Labute approximate surface area is 125 Å². The second-order valence-electron chi connectivity index (χ2n) is 5.33. The normalized spacial score (nSPS) is 17.8. The van der Waals surface area contributed by atoms with Crippen molar-refractivity contribution in [1.82, 2.24) is 9.03 Å². The molecule has 1 aromatic rings. The van der Waals surface area contributed by atoms with E-state index in [-0.39, 0.29) is 19.6 Å². The average Bonchev–Trinajstić information content (AvgIpc) is 2.45. The second-order valence-corrected chi connectivity index (χ2v) is 7.08. The summed E-state index contributed by atoms with van der Waals surface area (Å²) in [6, 6.07) is 7.64. The largest absolute Gasteiger partial charge is 0.481 e. The van der Waals surface area contributed by atoms with Gasteiger partial charge in [0.2, 0.25) is 0 Å². The molecule has 0 bridgehead atoms. The Morgan fingerprint density at radius 3 is 2.62 bits per heavy atom. The number of carboxylic acid groups (broad SMARTS) is 1. The number of hydrogen-bond acceptors (Lipinski definition) is 3. The summed E-state index contributed by atoms with van der Waals surface area (Å²) in [5.74, 6) is -1.28. The van der Waals surface area contributed by atoms with Crippen LogP contribution in [0.5, 0.6) is 0 Å². The van der Waals surface area contributed by atoms with Crippen LogP contribution in [0.4, 0.5) is 0 Å². The lowest BCUT2D eigenvalue weighted by atomic mass is 9.99. The molecule has 0 aromatic heterocycles. The molecule has 0 amide bonds. The summed E-state index contributed by atoms with van der Waals surface area (Å²) < 4.78 is 28.3. The highest BCUT2D eigenvalue weighted by atomic mass is 32.2. The Balaban J connectivity index is 1.92. The van der Waals surface area contributed by atoms with Gasteiger partial charge in [0.15, 0.2) is 0 Å². The summed E-state index contributed by atoms with van der Waals surface area (Å²) in [6.07, 6.45) is 0.724. The summed E-state index contributed by atoms with van der Waals surface area (Å²) in [4.78, 5) is 10.9. The van der Waals surface area contributed by atoms with Gasteiger partial charge < -0.3 is 5.11 Å². The summed E-state index contributed by atoms with van der Waals surface area (Å²) >= 11 is 0. The number of benzene rings is 1. The first-order valence-corrected chi connectivity index (χ1v) is 8.35. The van der Waals surface area contributed by atoms with Crippen LogP contribution in [-0.4, -0.2) is 36.9 Å². The van der Waals surface area contributed by atoms with Crippen LogP contribution < -0.4 is 4.72 Å². The van der Waals surface area contributed by atoms with E-state index in [4.69, 9.17) is 5.11 Å². The van der Waals surface area contributed by atoms with Crippen LogP contribution in [0.1, 0.15) is 24.0 Å². The fourth-order valence-electron chi connectivity index (χ4n) is 2.43. The van der Waals surface area contributed by atoms with E-state index in [1.807, 2.05) is 31.2 Å². The molecule has 1 aliphatic rings. The number of carboxylic acids is 1. The predicted molar refractivity (Wildman–Crippen MR) is 78.9 cm³/mol. The number of aliphatic carboxylic acids is 1. The van der Waals surface area contributed by atoms with Crippen molar-refractivity contribution in [2.75, 3.05) is 13.1 Å². The van der Waals surface area contributed by atoms with Gasteiger partial charge in [-0.25, -0.2) is 0 Å². The van der Waals surface area contributed by atoms with Crippen LogP contribution in [0.3, 0.4) is 0 Å². The first-order valence-electron chi connectivity index (χ1n) is 6.91. The van der Waals surface area contributed by atoms with Crippen molar-refractivity contribution in [3.8, 4) is 0 Å². The minimum absolute atomic E-state index is 0.239. The Bertz CT molecular complexity index is 607. The maximum absolute atomic E-state index is 12.2. The lowest BCUT2D eigenvalue weighted by Gasteiger charge is -2.29. The maximum atomic E-state index is 12.2. The van der Waals surface area contributed by atoms with Gasteiger partial charge in [0.25, 0.3) is 10.2 Å². The van der Waals surface area contributed by atoms with Crippen molar-refractivity contribution >= 4 is 16.2 Å². The fraction of sp³-hybridized carbons (Fsp3) is 0.500.